The molecule has 2 rings (SSSR count). The van der Waals surface area contributed by atoms with Gasteiger partial charge in [-0.05, 0) is 32.6 Å². The molecule has 1 atom stereocenters. The van der Waals surface area contributed by atoms with Crippen LogP contribution < -0.4 is 15.8 Å². The zero-order valence-electron chi connectivity index (χ0n) is 10.4. The van der Waals surface area contributed by atoms with Gasteiger partial charge in [0.1, 0.15) is 0 Å². The van der Waals surface area contributed by atoms with Gasteiger partial charge in [-0.25, -0.2) is 4.98 Å². The molecule has 3 N–H and O–H groups in total. The molecule has 0 radical (unpaired) electrons. The van der Waals surface area contributed by atoms with Crippen molar-refractivity contribution >= 4 is 5.95 Å². The maximum absolute atomic E-state index is 6.01. The van der Waals surface area contributed by atoms with Gasteiger partial charge in [0, 0.05) is 24.3 Å². The van der Waals surface area contributed by atoms with Crippen molar-refractivity contribution in [1.29, 1.82) is 0 Å². The van der Waals surface area contributed by atoms with Crippen LogP contribution in [0.1, 0.15) is 25.5 Å². The normalized spacial score (nSPS) is 16.6. The van der Waals surface area contributed by atoms with E-state index < -0.39 is 0 Å². The minimum atomic E-state index is 0.203. The van der Waals surface area contributed by atoms with Gasteiger partial charge in [0.25, 0.3) is 0 Å². The Labute approximate surface area is 102 Å². The zero-order chi connectivity index (χ0) is 12.3. The van der Waals surface area contributed by atoms with Crippen LogP contribution in [-0.4, -0.2) is 29.2 Å². The Hall–Kier alpha value is -1.36. The molecule has 1 aromatic heterocycles. The highest BCUT2D eigenvalue weighted by molar-refractivity contribution is 5.30. The molecule has 1 unspecified atom stereocenters. The van der Waals surface area contributed by atoms with Crippen molar-refractivity contribution in [2.45, 2.75) is 32.7 Å². The first-order chi connectivity index (χ1) is 8.19. The van der Waals surface area contributed by atoms with E-state index in [4.69, 9.17) is 10.5 Å². The first-order valence-electron chi connectivity index (χ1n) is 6.17. The quantitative estimate of drug-likeness (QED) is 0.779. The molecule has 0 bridgehead atoms. The molecule has 0 amide bonds. The minimum absolute atomic E-state index is 0.203. The van der Waals surface area contributed by atoms with Crippen LogP contribution in [0.3, 0.4) is 0 Å². The lowest BCUT2D eigenvalue weighted by molar-refractivity contribution is 0.326. The monoisotopic (exact) mass is 236 g/mol. The molecule has 0 aliphatic heterocycles. The van der Waals surface area contributed by atoms with Crippen molar-refractivity contribution in [3.05, 3.63) is 11.8 Å². The fraction of sp³-hybridized carbons (Fsp3) is 0.667. The summed E-state index contributed by atoms with van der Waals surface area (Å²) in [5.74, 6) is 1.89. The summed E-state index contributed by atoms with van der Waals surface area (Å²) in [6.45, 7) is 5.20. The maximum atomic E-state index is 6.01. The van der Waals surface area contributed by atoms with Gasteiger partial charge in [-0.2, -0.15) is 4.98 Å². The summed E-state index contributed by atoms with van der Waals surface area (Å²) in [7, 11) is 0. The topological polar surface area (TPSA) is 73.1 Å². The Morgan fingerprint density at radius 3 is 2.94 bits per heavy atom. The molecule has 1 fully saturated rings. The Balaban J connectivity index is 1.94. The van der Waals surface area contributed by atoms with Gasteiger partial charge in [0.15, 0.2) is 0 Å². The SMILES string of the molecule is CCOc1cc(C)nc(NCC(N)C2CC2)n1. The molecule has 1 aliphatic rings. The van der Waals surface area contributed by atoms with Gasteiger partial charge in [0.2, 0.25) is 11.8 Å². The maximum Gasteiger partial charge on any atom is 0.226 e. The molecule has 0 spiro atoms. The van der Waals surface area contributed by atoms with E-state index in [0.29, 0.717) is 24.4 Å². The fourth-order valence-electron chi connectivity index (χ4n) is 1.74. The second-order valence-electron chi connectivity index (χ2n) is 4.49. The average Bonchev–Trinajstić information content (AvgIpc) is 3.09. The number of hydrogen-bond donors (Lipinski definition) is 2. The summed E-state index contributed by atoms with van der Waals surface area (Å²) in [6, 6.07) is 2.03. The summed E-state index contributed by atoms with van der Waals surface area (Å²) in [5.41, 5.74) is 6.91. The van der Waals surface area contributed by atoms with Crippen molar-refractivity contribution in [3.63, 3.8) is 0 Å². The third-order valence-corrected chi connectivity index (χ3v) is 2.85. The van der Waals surface area contributed by atoms with E-state index in [2.05, 4.69) is 15.3 Å². The van der Waals surface area contributed by atoms with Crippen LogP contribution in [0, 0.1) is 12.8 Å². The minimum Gasteiger partial charge on any atom is -0.478 e. The fourth-order valence-corrected chi connectivity index (χ4v) is 1.74. The van der Waals surface area contributed by atoms with Crippen LogP contribution in [0.2, 0.25) is 0 Å². The molecule has 1 saturated carbocycles. The lowest BCUT2D eigenvalue weighted by atomic mass is 10.2. The standard InChI is InChI=1S/C12H20N4O/c1-3-17-11-6-8(2)15-12(16-11)14-7-10(13)9-4-5-9/h6,9-10H,3-5,7,13H2,1-2H3,(H,14,15,16). The number of anilines is 1. The van der Waals surface area contributed by atoms with E-state index in [1.54, 1.807) is 0 Å². The van der Waals surface area contributed by atoms with Crippen LogP contribution in [0.4, 0.5) is 5.95 Å². The van der Waals surface area contributed by atoms with E-state index >= 15 is 0 Å². The number of nitrogens with two attached hydrogens (primary N) is 1. The Morgan fingerprint density at radius 2 is 2.29 bits per heavy atom. The molecule has 0 aromatic carbocycles. The molecule has 5 heteroatoms. The van der Waals surface area contributed by atoms with Gasteiger partial charge < -0.3 is 15.8 Å². The van der Waals surface area contributed by atoms with Crippen molar-refractivity contribution in [2.24, 2.45) is 11.7 Å². The Kier molecular flexibility index (Phi) is 3.78. The van der Waals surface area contributed by atoms with Gasteiger partial charge in [-0.3, -0.25) is 0 Å². The summed E-state index contributed by atoms with van der Waals surface area (Å²) < 4.78 is 5.37. The second-order valence-corrected chi connectivity index (χ2v) is 4.49. The van der Waals surface area contributed by atoms with Crippen molar-refractivity contribution in [2.75, 3.05) is 18.5 Å². The smallest absolute Gasteiger partial charge is 0.226 e. The molecular weight excluding hydrogens is 216 g/mol. The first-order valence-corrected chi connectivity index (χ1v) is 6.17. The van der Waals surface area contributed by atoms with Gasteiger partial charge in [-0.15, -0.1) is 0 Å². The largest absolute Gasteiger partial charge is 0.478 e. The number of aryl methyl sites for hydroxylation is 1. The predicted octanol–water partition coefficient (Wildman–Crippen LogP) is 1.33. The molecule has 1 aliphatic carbocycles. The highest BCUT2D eigenvalue weighted by Crippen LogP contribution is 2.31. The first kappa shape index (κ1) is 12.1. The summed E-state index contributed by atoms with van der Waals surface area (Å²) in [6.07, 6.45) is 2.50. The van der Waals surface area contributed by atoms with Gasteiger partial charge in [-0.1, -0.05) is 0 Å². The zero-order valence-corrected chi connectivity index (χ0v) is 10.4. The highest BCUT2D eigenvalue weighted by atomic mass is 16.5. The molecule has 1 aromatic rings. The third-order valence-electron chi connectivity index (χ3n) is 2.85. The van der Waals surface area contributed by atoms with Gasteiger partial charge >= 0.3 is 0 Å². The number of nitrogens with zero attached hydrogens (tertiary/aromatic N) is 2. The number of aromatic nitrogens is 2. The molecular formula is C12H20N4O. The van der Waals surface area contributed by atoms with Crippen LogP contribution in [0.15, 0.2) is 6.07 Å². The Morgan fingerprint density at radius 1 is 1.53 bits per heavy atom. The number of hydrogen-bond acceptors (Lipinski definition) is 5. The van der Waals surface area contributed by atoms with Crippen molar-refractivity contribution < 1.29 is 4.74 Å². The van der Waals surface area contributed by atoms with E-state index in [1.165, 1.54) is 12.8 Å². The Bertz CT molecular complexity index is 379. The summed E-state index contributed by atoms with van der Waals surface area (Å²) in [4.78, 5) is 8.59. The summed E-state index contributed by atoms with van der Waals surface area (Å²) >= 11 is 0. The number of nitrogens with one attached hydrogen (secondary N) is 1. The van der Waals surface area contributed by atoms with E-state index in [-0.39, 0.29) is 6.04 Å². The molecule has 0 saturated heterocycles. The van der Waals surface area contributed by atoms with Crippen LogP contribution in [0.5, 0.6) is 5.88 Å². The van der Waals surface area contributed by atoms with Crippen LogP contribution >= 0.6 is 0 Å². The lowest BCUT2D eigenvalue weighted by Crippen LogP contribution is -2.31. The second kappa shape index (κ2) is 5.31. The molecule has 5 nitrogen and oxygen atoms in total. The predicted molar refractivity (Wildman–Crippen MR) is 67.1 cm³/mol. The molecule has 94 valence electrons. The summed E-state index contributed by atoms with van der Waals surface area (Å²) in [5, 5.41) is 3.18. The van der Waals surface area contributed by atoms with Crippen molar-refractivity contribution in [1.82, 2.24) is 9.97 Å². The van der Waals surface area contributed by atoms with E-state index in [9.17, 15) is 0 Å². The third kappa shape index (κ3) is 3.56. The number of rotatable bonds is 6. The molecule has 17 heavy (non-hydrogen) atoms. The lowest BCUT2D eigenvalue weighted by Gasteiger charge is -2.12. The highest BCUT2D eigenvalue weighted by Gasteiger charge is 2.28. The average molecular weight is 236 g/mol. The van der Waals surface area contributed by atoms with E-state index in [0.717, 1.165) is 12.2 Å². The van der Waals surface area contributed by atoms with E-state index in [1.807, 2.05) is 19.9 Å². The molecule has 1 heterocycles. The van der Waals surface area contributed by atoms with Crippen LogP contribution in [-0.2, 0) is 0 Å². The van der Waals surface area contributed by atoms with Crippen molar-refractivity contribution in [3.8, 4) is 5.88 Å². The number of ether oxygens (including phenoxy) is 1. The van der Waals surface area contributed by atoms with Gasteiger partial charge in [0.05, 0.1) is 6.61 Å². The van der Waals surface area contributed by atoms with Crippen LogP contribution in [0.25, 0.3) is 0 Å².